The molecule has 0 radical (unpaired) electrons. The van der Waals surface area contributed by atoms with Crippen molar-refractivity contribution < 1.29 is 4.74 Å². The number of aryl methyl sites for hydroxylation is 1. The molecule has 0 aliphatic rings. The van der Waals surface area contributed by atoms with Crippen LogP contribution < -0.4 is 10.1 Å². The zero-order valence-electron chi connectivity index (χ0n) is 13.6. The highest BCUT2D eigenvalue weighted by molar-refractivity contribution is 5.27. The number of hydrogen-bond donors (Lipinski definition) is 1. The number of nitrogens with one attached hydrogen (secondary N) is 1. The fourth-order valence-corrected chi connectivity index (χ4v) is 2.33. The van der Waals surface area contributed by atoms with Gasteiger partial charge < -0.3 is 10.1 Å². The third kappa shape index (κ3) is 6.31. The number of ether oxygens (including phenoxy) is 1. The first-order valence-corrected chi connectivity index (χ1v) is 8.35. The molecule has 0 saturated carbocycles. The Labute approximate surface area is 134 Å². The minimum Gasteiger partial charge on any atom is -0.494 e. The van der Waals surface area contributed by atoms with Crippen LogP contribution in [0, 0.1) is 0 Å². The van der Waals surface area contributed by atoms with Gasteiger partial charge in [0.05, 0.1) is 6.61 Å². The summed E-state index contributed by atoms with van der Waals surface area (Å²) in [5.41, 5.74) is 2.72. The van der Waals surface area contributed by atoms with Crippen LogP contribution >= 0.6 is 0 Å². The lowest BCUT2D eigenvalue weighted by Gasteiger charge is -2.08. The molecule has 2 aromatic carbocycles. The SMILES string of the molecule is CCCCOc1ccc(CNCCCc2ccccc2)cc1. The number of rotatable bonds is 10. The van der Waals surface area contributed by atoms with Gasteiger partial charge in [-0.2, -0.15) is 0 Å². The van der Waals surface area contributed by atoms with Gasteiger partial charge in [0, 0.05) is 6.54 Å². The van der Waals surface area contributed by atoms with Crippen LogP contribution in [-0.4, -0.2) is 13.2 Å². The molecule has 1 N–H and O–H groups in total. The second-order valence-electron chi connectivity index (χ2n) is 5.61. The average molecular weight is 297 g/mol. The molecule has 118 valence electrons. The van der Waals surface area contributed by atoms with Gasteiger partial charge in [-0.25, -0.2) is 0 Å². The molecule has 0 heterocycles. The van der Waals surface area contributed by atoms with Crippen LogP contribution in [0.3, 0.4) is 0 Å². The molecule has 2 heteroatoms. The van der Waals surface area contributed by atoms with E-state index in [2.05, 4.69) is 66.8 Å². The minimum atomic E-state index is 0.813. The molecule has 0 aliphatic heterocycles. The highest BCUT2D eigenvalue weighted by Crippen LogP contribution is 2.12. The predicted molar refractivity (Wildman–Crippen MR) is 93.3 cm³/mol. The van der Waals surface area contributed by atoms with E-state index in [4.69, 9.17) is 4.74 Å². The first-order valence-electron chi connectivity index (χ1n) is 8.35. The van der Waals surface area contributed by atoms with Gasteiger partial charge in [0.15, 0.2) is 0 Å². The van der Waals surface area contributed by atoms with E-state index in [0.29, 0.717) is 0 Å². The van der Waals surface area contributed by atoms with Gasteiger partial charge in [-0.05, 0) is 49.1 Å². The lowest BCUT2D eigenvalue weighted by atomic mass is 10.1. The van der Waals surface area contributed by atoms with Gasteiger partial charge in [-0.1, -0.05) is 55.8 Å². The van der Waals surface area contributed by atoms with E-state index in [1.54, 1.807) is 0 Å². The molecule has 0 fully saturated rings. The van der Waals surface area contributed by atoms with Gasteiger partial charge in [0.1, 0.15) is 5.75 Å². The van der Waals surface area contributed by atoms with Gasteiger partial charge in [0.2, 0.25) is 0 Å². The molecular formula is C20H27NO. The van der Waals surface area contributed by atoms with Crippen molar-refractivity contribution in [3.63, 3.8) is 0 Å². The summed E-state index contributed by atoms with van der Waals surface area (Å²) in [6.45, 7) is 4.96. The fourth-order valence-electron chi connectivity index (χ4n) is 2.33. The van der Waals surface area contributed by atoms with Crippen LogP contribution in [0.15, 0.2) is 54.6 Å². The largest absolute Gasteiger partial charge is 0.494 e. The molecule has 0 bridgehead atoms. The zero-order valence-corrected chi connectivity index (χ0v) is 13.6. The van der Waals surface area contributed by atoms with Crippen LogP contribution in [0.5, 0.6) is 5.75 Å². The second-order valence-corrected chi connectivity index (χ2v) is 5.61. The van der Waals surface area contributed by atoms with E-state index in [1.807, 2.05) is 0 Å². The lowest BCUT2D eigenvalue weighted by molar-refractivity contribution is 0.309. The molecule has 0 unspecified atom stereocenters. The van der Waals surface area contributed by atoms with Crippen LogP contribution in [-0.2, 0) is 13.0 Å². The van der Waals surface area contributed by atoms with Gasteiger partial charge in [0.25, 0.3) is 0 Å². The predicted octanol–water partition coefficient (Wildman–Crippen LogP) is 4.59. The third-order valence-electron chi connectivity index (χ3n) is 3.68. The first-order chi connectivity index (χ1) is 10.9. The van der Waals surface area contributed by atoms with Crippen LogP contribution in [0.4, 0.5) is 0 Å². The second kappa shape index (κ2) is 10.0. The maximum absolute atomic E-state index is 5.67. The van der Waals surface area contributed by atoms with Crippen molar-refractivity contribution in [3.05, 3.63) is 65.7 Å². The van der Waals surface area contributed by atoms with Crippen LogP contribution in [0.2, 0.25) is 0 Å². The smallest absolute Gasteiger partial charge is 0.119 e. The summed E-state index contributed by atoms with van der Waals surface area (Å²) in [5.74, 6) is 0.973. The minimum absolute atomic E-state index is 0.813. The Bertz CT molecular complexity index is 507. The number of hydrogen-bond acceptors (Lipinski definition) is 2. The third-order valence-corrected chi connectivity index (χ3v) is 3.68. The Balaban J connectivity index is 1.60. The highest BCUT2D eigenvalue weighted by Gasteiger charge is 1.96. The Morgan fingerprint density at radius 1 is 0.864 bits per heavy atom. The van der Waals surface area contributed by atoms with Crippen molar-refractivity contribution in [2.75, 3.05) is 13.2 Å². The first kappa shape index (κ1) is 16.6. The van der Waals surface area contributed by atoms with Crippen molar-refractivity contribution >= 4 is 0 Å². The van der Waals surface area contributed by atoms with Crippen molar-refractivity contribution in [2.45, 2.75) is 39.2 Å². The summed E-state index contributed by atoms with van der Waals surface area (Å²) in [6.07, 6.45) is 4.59. The molecule has 0 aliphatic carbocycles. The van der Waals surface area contributed by atoms with Crippen LogP contribution in [0.25, 0.3) is 0 Å². The number of benzene rings is 2. The number of unbranched alkanes of at least 4 members (excludes halogenated alkanes) is 1. The molecule has 0 saturated heterocycles. The fraction of sp³-hybridized carbons (Fsp3) is 0.400. The van der Waals surface area contributed by atoms with E-state index in [0.717, 1.165) is 38.3 Å². The molecule has 2 nitrogen and oxygen atoms in total. The Kier molecular flexibility index (Phi) is 7.54. The van der Waals surface area contributed by atoms with E-state index in [-0.39, 0.29) is 0 Å². The molecule has 0 aromatic heterocycles. The van der Waals surface area contributed by atoms with E-state index >= 15 is 0 Å². The van der Waals surface area contributed by atoms with Crippen molar-refractivity contribution in [1.29, 1.82) is 0 Å². The zero-order chi connectivity index (χ0) is 15.5. The van der Waals surface area contributed by atoms with Gasteiger partial charge >= 0.3 is 0 Å². The average Bonchev–Trinajstić information content (AvgIpc) is 2.57. The van der Waals surface area contributed by atoms with E-state index < -0.39 is 0 Å². The van der Waals surface area contributed by atoms with Crippen LogP contribution in [0.1, 0.15) is 37.3 Å². The Morgan fingerprint density at radius 3 is 2.36 bits per heavy atom. The molecule has 0 atom stereocenters. The molecule has 0 amide bonds. The van der Waals surface area contributed by atoms with Crippen molar-refractivity contribution in [2.24, 2.45) is 0 Å². The Morgan fingerprint density at radius 2 is 1.64 bits per heavy atom. The summed E-state index contributed by atoms with van der Waals surface area (Å²) in [4.78, 5) is 0. The summed E-state index contributed by atoms with van der Waals surface area (Å²) in [6, 6.07) is 19.1. The molecular weight excluding hydrogens is 270 g/mol. The lowest BCUT2D eigenvalue weighted by Crippen LogP contribution is -2.15. The Hall–Kier alpha value is -1.80. The van der Waals surface area contributed by atoms with Gasteiger partial charge in [-0.15, -0.1) is 0 Å². The summed E-state index contributed by atoms with van der Waals surface area (Å²) >= 11 is 0. The standard InChI is InChI=1S/C20H27NO/c1-2-3-16-22-20-13-11-19(12-14-20)17-21-15-7-10-18-8-5-4-6-9-18/h4-6,8-9,11-14,21H,2-3,7,10,15-17H2,1H3. The van der Waals surface area contributed by atoms with Gasteiger partial charge in [-0.3, -0.25) is 0 Å². The van der Waals surface area contributed by atoms with Crippen molar-refractivity contribution in [3.8, 4) is 5.75 Å². The van der Waals surface area contributed by atoms with Crippen molar-refractivity contribution in [1.82, 2.24) is 5.32 Å². The van der Waals surface area contributed by atoms with E-state index in [9.17, 15) is 0 Å². The monoisotopic (exact) mass is 297 g/mol. The highest BCUT2D eigenvalue weighted by atomic mass is 16.5. The quantitative estimate of drug-likeness (QED) is 0.648. The molecule has 2 aromatic rings. The summed E-state index contributed by atoms with van der Waals surface area (Å²) in [5, 5.41) is 3.50. The summed E-state index contributed by atoms with van der Waals surface area (Å²) < 4.78 is 5.67. The molecule has 0 spiro atoms. The maximum atomic E-state index is 5.67. The molecule has 2 rings (SSSR count). The maximum Gasteiger partial charge on any atom is 0.119 e. The topological polar surface area (TPSA) is 21.3 Å². The van der Waals surface area contributed by atoms with E-state index in [1.165, 1.54) is 24.0 Å². The normalized spacial score (nSPS) is 10.6. The molecule has 22 heavy (non-hydrogen) atoms. The summed E-state index contributed by atoms with van der Waals surface area (Å²) in [7, 11) is 0.